The van der Waals surface area contributed by atoms with Crippen LogP contribution in [0.5, 0.6) is 0 Å². The van der Waals surface area contributed by atoms with Gasteiger partial charge in [-0.2, -0.15) is 5.10 Å². The van der Waals surface area contributed by atoms with Gasteiger partial charge in [-0.05, 0) is 38.8 Å². The lowest BCUT2D eigenvalue weighted by Crippen LogP contribution is -2.45. The van der Waals surface area contributed by atoms with E-state index < -0.39 is 0 Å². The molecule has 7 heteroatoms. The van der Waals surface area contributed by atoms with Crippen LogP contribution in [-0.2, 0) is 13.6 Å². The normalized spacial score (nSPS) is 19.0. The summed E-state index contributed by atoms with van der Waals surface area (Å²) >= 11 is 0. The molecule has 1 aliphatic heterocycles. The fraction of sp³-hybridized carbons (Fsp3) is 0.765. The maximum absolute atomic E-state index is 4.65. The molecule has 138 valence electrons. The monoisotopic (exact) mass is 448 g/mol. The van der Waals surface area contributed by atoms with Gasteiger partial charge in [0.1, 0.15) is 0 Å². The summed E-state index contributed by atoms with van der Waals surface area (Å²) in [5.41, 5.74) is 1.12. The Morgan fingerprint density at radius 2 is 2.17 bits per heavy atom. The molecule has 1 saturated heterocycles. The number of hydrogen-bond acceptors (Lipinski definition) is 3. The van der Waals surface area contributed by atoms with E-state index in [-0.39, 0.29) is 24.0 Å². The lowest BCUT2D eigenvalue weighted by molar-refractivity contribution is 0.147. The number of aryl methyl sites for hydroxylation is 1. The molecule has 0 radical (unpaired) electrons. The first kappa shape index (κ1) is 21.2. The number of guanidine groups is 1. The summed E-state index contributed by atoms with van der Waals surface area (Å²) in [7, 11) is 1.95. The summed E-state index contributed by atoms with van der Waals surface area (Å²) in [4.78, 5) is 7.28. The molecule has 2 rings (SSSR count). The lowest BCUT2D eigenvalue weighted by atomic mass is 10.0. The molecule has 0 amide bonds. The fourth-order valence-electron chi connectivity index (χ4n) is 3.19. The molecule has 1 aliphatic rings. The number of nitrogens with one attached hydrogen (secondary N) is 2. The molecule has 0 saturated carbocycles. The first-order chi connectivity index (χ1) is 11.2. The molecule has 1 atom stereocenters. The van der Waals surface area contributed by atoms with Gasteiger partial charge < -0.3 is 10.6 Å². The smallest absolute Gasteiger partial charge is 0.191 e. The summed E-state index contributed by atoms with van der Waals surface area (Å²) < 4.78 is 1.87. The van der Waals surface area contributed by atoms with Crippen molar-refractivity contribution in [3.05, 3.63) is 18.0 Å². The largest absolute Gasteiger partial charge is 0.357 e. The van der Waals surface area contributed by atoms with E-state index in [9.17, 15) is 0 Å². The zero-order chi connectivity index (χ0) is 16.5. The zero-order valence-electron chi connectivity index (χ0n) is 15.3. The third-order valence-corrected chi connectivity index (χ3v) is 4.58. The fourth-order valence-corrected chi connectivity index (χ4v) is 3.19. The molecule has 24 heavy (non-hydrogen) atoms. The van der Waals surface area contributed by atoms with Gasteiger partial charge in [0.25, 0.3) is 0 Å². The van der Waals surface area contributed by atoms with Crippen LogP contribution in [0.3, 0.4) is 0 Å². The van der Waals surface area contributed by atoms with Crippen LogP contribution in [0.25, 0.3) is 0 Å². The topological polar surface area (TPSA) is 57.5 Å². The Hall–Kier alpha value is -0.830. The Labute approximate surface area is 163 Å². The van der Waals surface area contributed by atoms with Crippen molar-refractivity contribution in [1.29, 1.82) is 0 Å². The van der Waals surface area contributed by atoms with Crippen LogP contribution in [-0.4, -0.2) is 52.9 Å². The van der Waals surface area contributed by atoms with E-state index in [4.69, 9.17) is 0 Å². The Morgan fingerprint density at radius 1 is 1.33 bits per heavy atom. The van der Waals surface area contributed by atoms with E-state index in [1.807, 2.05) is 24.0 Å². The van der Waals surface area contributed by atoms with E-state index in [0.717, 1.165) is 37.3 Å². The minimum absolute atomic E-state index is 0. The molecule has 6 nitrogen and oxygen atoms in total. The number of hydrogen-bond donors (Lipinski definition) is 2. The standard InChI is InChI=1S/C17H32N6.HI/c1-4-15-8-6-7-12-23(15)13-11-19-17(18-5-2)20-14-16-9-10-21-22(16)3;/h9-10,15H,4-8,11-14H2,1-3H3,(H2,18,19,20);1H. The summed E-state index contributed by atoms with van der Waals surface area (Å²) in [5.74, 6) is 0.888. The van der Waals surface area contributed by atoms with Gasteiger partial charge in [0.05, 0.1) is 12.2 Å². The molecule has 0 spiro atoms. The molecule has 2 heterocycles. The van der Waals surface area contributed by atoms with Crippen molar-refractivity contribution in [2.24, 2.45) is 12.0 Å². The van der Waals surface area contributed by atoms with Gasteiger partial charge in [-0.25, -0.2) is 4.99 Å². The minimum Gasteiger partial charge on any atom is -0.357 e. The molecule has 1 aromatic rings. The first-order valence-electron chi connectivity index (χ1n) is 8.97. The molecule has 2 N–H and O–H groups in total. The van der Waals surface area contributed by atoms with Crippen molar-refractivity contribution in [1.82, 2.24) is 25.3 Å². The van der Waals surface area contributed by atoms with Gasteiger partial charge in [0.2, 0.25) is 0 Å². The van der Waals surface area contributed by atoms with E-state index >= 15 is 0 Å². The van der Waals surface area contributed by atoms with Crippen molar-refractivity contribution in [3.8, 4) is 0 Å². The molecule has 0 aromatic carbocycles. The molecule has 0 aliphatic carbocycles. The SMILES string of the molecule is CCNC(=NCc1ccnn1C)NCCN1CCCCC1CC.I. The summed E-state index contributed by atoms with van der Waals surface area (Å²) in [6.45, 7) is 9.19. The van der Waals surface area contributed by atoms with E-state index in [2.05, 4.69) is 39.5 Å². The van der Waals surface area contributed by atoms with Crippen LogP contribution in [0.4, 0.5) is 0 Å². The van der Waals surface area contributed by atoms with Gasteiger partial charge in [0.15, 0.2) is 5.96 Å². The van der Waals surface area contributed by atoms with Crippen LogP contribution in [0.1, 0.15) is 45.2 Å². The highest BCUT2D eigenvalue weighted by atomic mass is 127. The summed E-state index contributed by atoms with van der Waals surface area (Å²) in [6, 6.07) is 2.77. The van der Waals surface area contributed by atoms with Crippen LogP contribution in [0.15, 0.2) is 17.3 Å². The summed E-state index contributed by atoms with van der Waals surface area (Å²) in [5, 5.41) is 11.0. The maximum atomic E-state index is 4.65. The Kier molecular flexibility index (Phi) is 10.3. The van der Waals surface area contributed by atoms with Gasteiger partial charge in [-0.3, -0.25) is 9.58 Å². The molecule has 0 bridgehead atoms. The van der Waals surface area contributed by atoms with Crippen LogP contribution in [0, 0.1) is 0 Å². The van der Waals surface area contributed by atoms with Gasteiger partial charge >= 0.3 is 0 Å². The average molecular weight is 448 g/mol. The minimum atomic E-state index is 0. The molecule has 1 fully saturated rings. The highest BCUT2D eigenvalue weighted by Gasteiger charge is 2.19. The van der Waals surface area contributed by atoms with E-state index in [1.165, 1.54) is 32.2 Å². The second-order valence-electron chi connectivity index (χ2n) is 6.16. The predicted molar refractivity (Wildman–Crippen MR) is 111 cm³/mol. The third-order valence-electron chi connectivity index (χ3n) is 4.58. The van der Waals surface area contributed by atoms with Crippen molar-refractivity contribution < 1.29 is 0 Å². The number of aromatic nitrogens is 2. The van der Waals surface area contributed by atoms with Gasteiger partial charge in [-0.15, -0.1) is 24.0 Å². The Bertz CT molecular complexity index is 487. The van der Waals surface area contributed by atoms with Gasteiger partial charge in [0, 0.05) is 38.9 Å². The summed E-state index contributed by atoms with van der Waals surface area (Å²) in [6.07, 6.45) is 7.15. The van der Waals surface area contributed by atoms with Crippen molar-refractivity contribution >= 4 is 29.9 Å². The number of rotatable bonds is 7. The number of likely N-dealkylation sites (tertiary alicyclic amines) is 1. The van der Waals surface area contributed by atoms with Crippen LogP contribution in [0.2, 0.25) is 0 Å². The Morgan fingerprint density at radius 3 is 2.83 bits per heavy atom. The van der Waals surface area contributed by atoms with Crippen molar-refractivity contribution in [2.75, 3.05) is 26.2 Å². The van der Waals surface area contributed by atoms with E-state index in [1.54, 1.807) is 0 Å². The third kappa shape index (κ3) is 6.58. The van der Waals surface area contributed by atoms with Crippen molar-refractivity contribution in [2.45, 2.75) is 52.1 Å². The predicted octanol–water partition coefficient (Wildman–Crippen LogP) is 2.36. The highest BCUT2D eigenvalue weighted by molar-refractivity contribution is 14.0. The molecule has 1 unspecified atom stereocenters. The number of nitrogens with zero attached hydrogens (tertiary/aromatic N) is 4. The number of halogens is 1. The van der Waals surface area contributed by atoms with Crippen LogP contribution >= 0.6 is 24.0 Å². The second-order valence-corrected chi connectivity index (χ2v) is 6.16. The zero-order valence-corrected chi connectivity index (χ0v) is 17.6. The number of piperidine rings is 1. The van der Waals surface area contributed by atoms with E-state index in [0.29, 0.717) is 6.54 Å². The molecule has 1 aromatic heterocycles. The molecular weight excluding hydrogens is 415 g/mol. The van der Waals surface area contributed by atoms with Gasteiger partial charge in [-0.1, -0.05) is 13.3 Å². The number of aliphatic imine (C=N–C) groups is 1. The maximum Gasteiger partial charge on any atom is 0.191 e. The molecular formula is C17H33IN6. The second kappa shape index (κ2) is 11.7. The average Bonchev–Trinajstić information content (AvgIpc) is 2.98. The highest BCUT2D eigenvalue weighted by Crippen LogP contribution is 2.18. The first-order valence-corrected chi connectivity index (χ1v) is 8.97. The van der Waals surface area contributed by atoms with Crippen LogP contribution < -0.4 is 10.6 Å². The lowest BCUT2D eigenvalue weighted by Gasteiger charge is -2.35. The van der Waals surface area contributed by atoms with Crippen molar-refractivity contribution in [3.63, 3.8) is 0 Å². The quantitative estimate of drug-likeness (QED) is 0.382. The Balaban J connectivity index is 0.00000288.